The summed E-state index contributed by atoms with van der Waals surface area (Å²) in [5.74, 6) is -0.136. The molecule has 1 saturated carbocycles. The number of carbonyl (C=O) groups excluding carboxylic acids is 4. The molecule has 2 aromatic carbocycles. The third kappa shape index (κ3) is 8.14. The predicted molar refractivity (Wildman–Crippen MR) is 189 cm³/mol. The van der Waals surface area contributed by atoms with Crippen molar-refractivity contribution in [2.45, 2.75) is 69.6 Å². The summed E-state index contributed by atoms with van der Waals surface area (Å²) in [4.78, 5) is 56.9. The lowest BCUT2D eigenvalue weighted by atomic mass is 9.88. The molecule has 0 spiro atoms. The third-order valence-corrected chi connectivity index (χ3v) is 11.1. The van der Waals surface area contributed by atoms with Gasteiger partial charge in [-0.15, -0.1) is 0 Å². The van der Waals surface area contributed by atoms with E-state index >= 15 is 0 Å². The van der Waals surface area contributed by atoms with Crippen LogP contribution < -0.4 is 5.32 Å². The number of carbonyl (C=O) groups is 4. The molecule has 1 aliphatic carbocycles. The van der Waals surface area contributed by atoms with Gasteiger partial charge in [-0.1, -0.05) is 41.4 Å². The standard InChI is InChI=1S/C37H44Cl2N4O6/c1-41(2)37(47)24-11-13-42(14-12-24)26-17-27(21-48-28-9-7-23(20-44)8-10-28)43(19-26)35(45)16-25-15-32(39)33(18-31(25)38)40-36(46)30-22-49-34-6-4-3-5-29(30)34/h3-6,15,18,20,22-24,26-28H,7-14,16-17,19,21H2,1-2H3,(H,40,46)/t23?,26-,27-,28?/m0/s1. The largest absolute Gasteiger partial charge is 0.463 e. The molecule has 3 amide bonds. The van der Waals surface area contributed by atoms with Crippen LogP contribution in [0.3, 0.4) is 0 Å². The van der Waals surface area contributed by atoms with Gasteiger partial charge in [-0.3, -0.25) is 19.3 Å². The van der Waals surface area contributed by atoms with Gasteiger partial charge in [0.05, 0.1) is 41.4 Å². The highest BCUT2D eigenvalue weighted by atomic mass is 35.5. The second kappa shape index (κ2) is 15.6. The van der Waals surface area contributed by atoms with Gasteiger partial charge in [-0.2, -0.15) is 0 Å². The Morgan fingerprint density at radius 1 is 1.02 bits per heavy atom. The van der Waals surface area contributed by atoms with E-state index in [0.29, 0.717) is 46.0 Å². The normalized spacial score (nSPS) is 23.5. The van der Waals surface area contributed by atoms with Gasteiger partial charge in [-0.05, 0) is 81.8 Å². The molecule has 1 aromatic heterocycles. The minimum atomic E-state index is -0.382. The number of halogens is 2. The van der Waals surface area contributed by atoms with E-state index in [9.17, 15) is 19.2 Å². The van der Waals surface area contributed by atoms with Crippen molar-refractivity contribution in [3.63, 3.8) is 0 Å². The van der Waals surface area contributed by atoms with Crippen LogP contribution in [0.1, 0.15) is 60.9 Å². The zero-order valence-corrected chi connectivity index (χ0v) is 29.5. The van der Waals surface area contributed by atoms with Crippen molar-refractivity contribution in [3.8, 4) is 0 Å². The number of rotatable bonds is 10. The molecule has 0 unspecified atom stereocenters. The van der Waals surface area contributed by atoms with Crippen molar-refractivity contribution in [1.82, 2.24) is 14.7 Å². The smallest absolute Gasteiger partial charge is 0.259 e. The molecule has 3 heterocycles. The Morgan fingerprint density at radius 2 is 1.76 bits per heavy atom. The first-order valence-corrected chi connectivity index (χ1v) is 17.9. The van der Waals surface area contributed by atoms with E-state index in [1.54, 1.807) is 37.2 Å². The van der Waals surface area contributed by atoms with Crippen LogP contribution in [0.15, 0.2) is 47.1 Å². The lowest BCUT2D eigenvalue weighted by Crippen LogP contribution is -2.46. The molecule has 1 N–H and O–H groups in total. The van der Waals surface area contributed by atoms with E-state index in [-0.39, 0.29) is 59.2 Å². The predicted octanol–water partition coefficient (Wildman–Crippen LogP) is 6.08. The highest BCUT2D eigenvalue weighted by Crippen LogP contribution is 2.34. The highest BCUT2D eigenvalue weighted by molar-refractivity contribution is 6.36. The van der Waals surface area contributed by atoms with Crippen LogP contribution in [0.25, 0.3) is 11.0 Å². The summed E-state index contributed by atoms with van der Waals surface area (Å²) in [5.41, 5.74) is 1.89. The summed E-state index contributed by atoms with van der Waals surface area (Å²) in [7, 11) is 3.61. The Kier molecular flexibility index (Phi) is 11.3. The SMILES string of the molecule is CN(C)C(=O)C1CCN([C@H]2C[C@@H](COC3CCC(C=O)CC3)N(C(=O)Cc3cc(Cl)c(NC(=O)c4coc5ccccc45)cc3Cl)C2)CC1. The number of likely N-dealkylation sites (tertiary alicyclic amines) is 2. The minimum Gasteiger partial charge on any atom is -0.463 e. The monoisotopic (exact) mass is 710 g/mol. The fraction of sp³-hybridized carbons (Fsp3) is 0.514. The molecule has 3 aromatic rings. The van der Waals surface area contributed by atoms with Gasteiger partial charge in [0.15, 0.2) is 0 Å². The maximum absolute atomic E-state index is 14.0. The van der Waals surface area contributed by atoms with Gasteiger partial charge >= 0.3 is 0 Å². The summed E-state index contributed by atoms with van der Waals surface area (Å²) in [6.07, 6.45) is 8.32. The van der Waals surface area contributed by atoms with Crippen molar-refractivity contribution in [3.05, 3.63) is 63.8 Å². The third-order valence-electron chi connectivity index (χ3n) is 10.4. The van der Waals surface area contributed by atoms with E-state index in [1.807, 2.05) is 23.1 Å². The average Bonchev–Trinajstić information content (AvgIpc) is 3.74. The van der Waals surface area contributed by atoms with Gasteiger partial charge < -0.3 is 29.1 Å². The fourth-order valence-corrected chi connectivity index (χ4v) is 8.03. The first kappa shape index (κ1) is 35.4. The molecule has 262 valence electrons. The maximum atomic E-state index is 14.0. The Labute approximate surface area is 297 Å². The number of nitrogens with zero attached hydrogens (tertiary/aromatic N) is 3. The summed E-state index contributed by atoms with van der Waals surface area (Å²) in [5, 5.41) is 4.11. The highest BCUT2D eigenvalue weighted by Gasteiger charge is 2.40. The summed E-state index contributed by atoms with van der Waals surface area (Å²) in [6, 6.07) is 10.5. The number of fused-ring (bicyclic) bond motifs is 1. The van der Waals surface area contributed by atoms with Gasteiger partial charge in [0.1, 0.15) is 18.1 Å². The summed E-state index contributed by atoms with van der Waals surface area (Å²) in [6.45, 7) is 2.61. The molecule has 3 aliphatic rings. The van der Waals surface area contributed by atoms with Crippen LogP contribution in [0, 0.1) is 11.8 Å². The Balaban J connectivity index is 1.12. The number of para-hydroxylation sites is 1. The Bertz CT molecular complexity index is 1680. The molecule has 3 fully saturated rings. The van der Waals surface area contributed by atoms with Gasteiger partial charge in [-0.25, -0.2) is 0 Å². The number of aldehydes is 1. The average molecular weight is 712 g/mol. The quantitative estimate of drug-likeness (QED) is 0.254. The van der Waals surface area contributed by atoms with E-state index in [1.165, 1.54) is 6.26 Å². The van der Waals surface area contributed by atoms with Crippen molar-refractivity contribution in [2.75, 3.05) is 45.7 Å². The van der Waals surface area contributed by atoms with Crippen LogP contribution in [0.5, 0.6) is 0 Å². The van der Waals surface area contributed by atoms with E-state index in [0.717, 1.165) is 64.3 Å². The van der Waals surface area contributed by atoms with Gasteiger partial charge in [0, 0.05) is 48.9 Å². The number of piperidine rings is 1. The van der Waals surface area contributed by atoms with Crippen LogP contribution in [0.4, 0.5) is 5.69 Å². The number of anilines is 1. The molecule has 0 bridgehead atoms. The van der Waals surface area contributed by atoms with Crippen molar-refractivity contribution in [2.24, 2.45) is 11.8 Å². The number of benzene rings is 2. The lowest BCUT2D eigenvalue weighted by Gasteiger charge is -2.36. The van der Waals surface area contributed by atoms with E-state index in [2.05, 4.69) is 10.2 Å². The second-order valence-electron chi connectivity index (χ2n) is 13.8. The maximum Gasteiger partial charge on any atom is 0.259 e. The van der Waals surface area contributed by atoms with Crippen LogP contribution in [-0.4, -0.2) is 97.2 Å². The molecule has 49 heavy (non-hydrogen) atoms. The molecule has 12 heteroatoms. The number of furan rings is 1. The van der Waals surface area contributed by atoms with Gasteiger partial charge in [0.25, 0.3) is 5.91 Å². The molecular formula is C37H44Cl2N4O6. The van der Waals surface area contributed by atoms with Gasteiger partial charge in [0.2, 0.25) is 11.8 Å². The molecule has 2 aliphatic heterocycles. The first-order chi connectivity index (χ1) is 23.6. The summed E-state index contributed by atoms with van der Waals surface area (Å²) < 4.78 is 11.9. The molecule has 0 radical (unpaired) electrons. The Morgan fingerprint density at radius 3 is 2.47 bits per heavy atom. The summed E-state index contributed by atoms with van der Waals surface area (Å²) >= 11 is 13.3. The van der Waals surface area contributed by atoms with Crippen LogP contribution in [0.2, 0.25) is 10.0 Å². The van der Waals surface area contributed by atoms with Crippen molar-refractivity contribution < 1.29 is 28.3 Å². The van der Waals surface area contributed by atoms with Crippen LogP contribution >= 0.6 is 23.2 Å². The zero-order chi connectivity index (χ0) is 34.7. The molecule has 6 rings (SSSR count). The van der Waals surface area contributed by atoms with E-state index in [4.69, 9.17) is 32.4 Å². The lowest BCUT2D eigenvalue weighted by molar-refractivity contribution is -0.134. The fourth-order valence-electron chi connectivity index (χ4n) is 7.56. The number of nitrogens with one attached hydrogen (secondary N) is 1. The van der Waals surface area contributed by atoms with Crippen molar-refractivity contribution in [1.29, 1.82) is 0 Å². The molecular weight excluding hydrogens is 667 g/mol. The van der Waals surface area contributed by atoms with E-state index < -0.39 is 0 Å². The number of ether oxygens (including phenoxy) is 1. The molecule has 2 atom stereocenters. The molecule has 10 nitrogen and oxygen atoms in total. The number of hydrogen-bond acceptors (Lipinski definition) is 7. The van der Waals surface area contributed by atoms with Crippen LogP contribution in [-0.2, 0) is 25.5 Å². The first-order valence-electron chi connectivity index (χ1n) is 17.2. The minimum absolute atomic E-state index is 0.0321. The molecule has 2 saturated heterocycles. The Hall–Kier alpha value is -3.44. The number of amides is 3. The second-order valence-corrected chi connectivity index (χ2v) is 14.7. The van der Waals surface area contributed by atoms with Crippen molar-refractivity contribution >= 4 is 63.9 Å². The zero-order valence-electron chi connectivity index (χ0n) is 28.0. The number of hydrogen-bond donors (Lipinski definition) is 1. The topological polar surface area (TPSA) is 112 Å².